The van der Waals surface area contributed by atoms with Crippen LogP contribution in [-0.4, -0.2) is 31.5 Å². The minimum absolute atomic E-state index is 0.245. The Balaban J connectivity index is 2.24. The monoisotopic (exact) mass is 203 g/mol. The van der Waals surface area contributed by atoms with Gasteiger partial charge in [-0.05, 0) is 20.3 Å². The van der Waals surface area contributed by atoms with Crippen molar-refractivity contribution in [2.24, 2.45) is 0 Å². The number of hydrogen-bond acceptors (Lipinski definition) is 5. The van der Waals surface area contributed by atoms with Gasteiger partial charge < -0.3 is 9.47 Å². The molecule has 0 aromatic rings. The summed E-state index contributed by atoms with van der Waals surface area (Å²) in [7, 11) is 0. The molecule has 0 unspecified atom stereocenters. The summed E-state index contributed by atoms with van der Waals surface area (Å²) in [6, 6.07) is -0.355. The Labute approximate surface area is 83.7 Å². The summed E-state index contributed by atoms with van der Waals surface area (Å²) in [4.78, 5) is 16.4. The predicted octanol–water partition coefficient (Wildman–Crippen LogP) is 0.596. The molecule has 0 aliphatic carbocycles. The first-order valence-electron chi connectivity index (χ1n) is 4.97. The SMILES string of the molecule is CCOC(=O)[C@@H]1CC[C@H](OCC)ON1. The second kappa shape index (κ2) is 5.95. The molecule has 1 aliphatic rings. The van der Waals surface area contributed by atoms with Gasteiger partial charge in [0, 0.05) is 13.0 Å². The largest absolute Gasteiger partial charge is 0.465 e. The lowest BCUT2D eigenvalue weighted by Crippen LogP contribution is -2.45. The minimum atomic E-state index is -0.355. The van der Waals surface area contributed by atoms with Crippen LogP contribution in [0.4, 0.5) is 0 Å². The number of carbonyl (C=O) groups is 1. The van der Waals surface area contributed by atoms with Gasteiger partial charge in [0.1, 0.15) is 6.04 Å². The first kappa shape index (κ1) is 11.4. The Morgan fingerprint density at radius 3 is 2.71 bits per heavy atom. The van der Waals surface area contributed by atoms with Gasteiger partial charge in [0.25, 0.3) is 0 Å². The molecule has 0 saturated carbocycles. The van der Waals surface area contributed by atoms with Crippen molar-refractivity contribution in [2.45, 2.75) is 39.0 Å². The van der Waals surface area contributed by atoms with Crippen LogP contribution in [0.1, 0.15) is 26.7 Å². The van der Waals surface area contributed by atoms with Crippen molar-refractivity contribution in [2.75, 3.05) is 13.2 Å². The zero-order valence-corrected chi connectivity index (χ0v) is 8.62. The molecular weight excluding hydrogens is 186 g/mol. The fraction of sp³-hybridized carbons (Fsp3) is 0.889. The number of rotatable bonds is 4. The van der Waals surface area contributed by atoms with E-state index in [1.165, 1.54) is 0 Å². The molecule has 1 N–H and O–H groups in total. The molecule has 14 heavy (non-hydrogen) atoms. The molecule has 0 amide bonds. The summed E-state index contributed by atoms with van der Waals surface area (Å²) in [6.45, 7) is 4.69. The third-order valence-corrected chi connectivity index (χ3v) is 1.96. The van der Waals surface area contributed by atoms with Crippen molar-refractivity contribution >= 4 is 5.97 Å². The number of ether oxygens (including phenoxy) is 2. The van der Waals surface area contributed by atoms with E-state index in [2.05, 4.69) is 5.48 Å². The van der Waals surface area contributed by atoms with Gasteiger partial charge in [-0.2, -0.15) is 5.48 Å². The molecule has 0 radical (unpaired) electrons. The second-order valence-electron chi connectivity index (χ2n) is 3.00. The van der Waals surface area contributed by atoms with Gasteiger partial charge in [-0.3, -0.25) is 9.63 Å². The third kappa shape index (κ3) is 3.25. The van der Waals surface area contributed by atoms with Crippen molar-refractivity contribution in [3.8, 4) is 0 Å². The highest BCUT2D eigenvalue weighted by atomic mass is 16.8. The molecule has 0 aromatic carbocycles. The van der Waals surface area contributed by atoms with Crippen molar-refractivity contribution in [1.82, 2.24) is 5.48 Å². The Kier molecular flexibility index (Phi) is 4.86. The molecule has 0 spiro atoms. The van der Waals surface area contributed by atoms with Crippen molar-refractivity contribution in [1.29, 1.82) is 0 Å². The van der Waals surface area contributed by atoms with Gasteiger partial charge >= 0.3 is 5.97 Å². The molecule has 5 nitrogen and oxygen atoms in total. The zero-order valence-electron chi connectivity index (χ0n) is 8.62. The highest BCUT2D eigenvalue weighted by Gasteiger charge is 2.27. The van der Waals surface area contributed by atoms with E-state index in [-0.39, 0.29) is 18.3 Å². The van der Waals surface area contributed by atoms with Crippen LogP contribution in [-0.2, 0) is 19.1 Å². The molecule has 1 heterocycles. The van der Waals surface area contributed by atoms with Gasteiger partial charge in [-0.15, -0.1) is 0 Å². The molecule has 1 aliphatic heterocycles. The van der Waals surface area contributed by atoms with Crippen LogP contribution in [0.25, 0.3) is 0 Å². The van der Waals surface area contributed by atoms with Crippen LogP contribution >= 0.6 is 0 Å². The van der Waals surface area contributed by atoms with Crippen LogP contribution in [0.2, 0.25) is 0 Å². The van der Waals surface area contributed by atoms with Gasteiger partial charge in [0.15, 0.2) is 6.29 Å². The Morgan fingerprint density at radius 2 is 2.21 bits per heavy atom. The molecule has 5 heteroatoms. The predicted molar refractivity (Wildman–Crippen MR) is 49.3 cm³/mol. The summed E-state index contributed by atoms with van der Waals surface area (Å²) >= 11 is 0. The highest BCUT2D eigenvalue weighted by molar-refractivity contribution is 5.75. The molecule has 82 valence electrons. The van der Waals surface area contributed by atoms with Gasteiger partial charge in [0.2, 0.25) is 0 Å². The molecule has 2 atom stereocenters. The summed E-state index contributed by atoms with van der Waals surface area (Å²) < 4.78 is 10.1. The van der Waals surface area contributed by atoms with Crippen LogP contribution in [0, 0.1) is 0 Å². The zero-order chi connectivity index (χ0) is 10.4. The third-order valence-electron chi connectivity index (χ3n) is 1.96. The second-order valence-corrected chi connectivity index (χ2v) is 3.00. The average Bonchev–Trinajstić information content (AvgIpc) is 2.20. The molecule has 1 fully saturated rings. The van der Waals surface area contributed by atoms with E-state index in [1.807, 2.05) is 6.92 Å². The normalized spacial score (nSPS) is 27.3. The minimum Gasteiger partial charge on any atom is -0.465 e. The molecule has 1 saturated heterocycles. The number of nitrogens with one attached hydrogen (secondary N) is 1. The fourth-order valence-electron chi connectivity index (χ4n) is 1.29. The lowest BCUT2D eigenvalue weighted by Gasteiger charge is -2.27. The van der Waals surface area contributed by atoms with E-state index in [4.69, 9.17) is 14.3 Å². The Hall–Kier alpha value is -0.650. The quantitative estimate of drug-likeness (QED) is 0.678. The lowest BCUT2D eigenvalue weighted by molar-refractivity contribution is -0.214. The van der Waals surface area contributed by atoms with Crippen molar-refractivity contribution in [3.05, 3.63) is 0 Å². The molecule has 0 aromatic heterocycles. The summed E-state index contributed by atoms with van der Waals surface area (Å²) in [5.41, 5.74) is 2.64. The van der Waals surface area contributed by atoms with Crippen molar-refractivity contribution in [3.63, 3.8) is 0 Å². The summed E-state index contributed by atoms with van der Waals surface area (Å²) in [5.74, 6) is -0.262. The lowest BCUT2D eigenvalue weighted by atomic mass is 10.1. The van der Waals surface area contributed by atoms with E-state index >= 15 is 0 Å². The maximum absolute atomic E-state index is 11.3. The number of esters is 1. The highest BCUT2D eigenvalue weighted by Crippen LogP contribution is 2.13. The topological polar surface area (TPSA) is 56.8 Å². The average molecular weight is 203 g/mol. The number of hydrogen-bond donors (Lipinski definition) is 1. The standard InChI is InChI=1S/C9H17NO4/c1-3-12-8-6-5-7(10-14-8)9(11)13-4-2/h7-8,10H,3-6H2,1-2H3/t7-,8+/m0/s1. The van der Waals surface area contributed by atoms with E-state index in [1.54, 1.807) is 6.92 Å². The van der Waals surface area contributed by atoms with Gasteiger partial charge in [-0.1, -0.05) is 0 Å². The molecule has 1 rings (SSSR count). The molecular formula is C9H17NO4. The van der Waals surface area contributed by atoms with E-state index in [9.17, 15) is 4.79 Å². The van der Waals surface area contributed by atoms with Crippen LogP contribution < -0.4 is 5.48 Å². The summed E-state index contributed by atoms with van der Waals surface area (Å²) in [6.07, 6.45) is 1.15. The fourth-order valence-corrected chi connectivity index (χ4v) is 1.29. The van der Waals surface area contributed by atoms with E-state index in [0.717, 1.165) is 0 Å². The van der Waals surface area contributed by atoms with Crippen LogP contribution in [0.3, 0.4) is 0 Å². The first-order valence-corrected chi connectivity index (χ1v) is 4.97. The number of hydroxylamine groups is 1. The maximum atomic E-state index is 11.3. The maximum Gasteiger partial charge on any atom is 0.325 e. The Bertz CT molecular complexity index is 178. The van der Waals surface area contributed by atoms with Crippen LogP contribution in [0.5, 0.6) is 0 Å². The van der Waals surface area contributed by atoms with Gasteiger partial charge in [-0.25, -0.2) is 0 Å². The van der Waals surface area contributed by atoms with E-state index in [0.29, 0.717) is 26.1 Å². The molecule has 0 bridgehead atoms. The number of carbonyl (C=O) groups excluding carboxylic acids is 1. The Morgan fingerprint density at radius 1 is 1.43 bits per heavy atom. The smallest absolute Gasteiger partial charge is 0.325 e. The summed E-state index contributed by atoms with van der Waals surface area (Å²) in [5, 5.41) is 0. The first-order chi connectivity index (χ1) is 6.77. The van der Waals surface area contributed by atoms with Crippen LogP contribution in [0.15, 0.2) is 0 Å². The van der Waals surface area contributed by atoms with Crippen molar-refractivity contribution < 1.29 is 19.1 Å². The van der Waals surface area contributed by atoms with E-state index < -0.39 is 0 Å². The van der Waals surface area contributed by atoms with Gasteiger partial charge in [0.05, 0.1) is 6.61 Å².